The van der Waals surface area contributed by atoms with Crippen molar-refractivity contribution < 1.29 is 24.3 Å². The van der Waals surface area contributed by atoms with Crippen LogP contribution in [0.3, 0.4) is 0 Å². The smallest absolute Gasteiger partial charge is 0.356 e. The predicted molar refractivity (Wildman–Crippen MR) is 50.4 cm³/mol. The Kier molecular flexibility index (Phi) is 2.97. The van der Waals surface area contributed by atoms with Crippen molar-refractivity contribution in [2.45, 2.75) is 38.9 Å². The van der Waals surface area contributed by atoms with Crippen molar-refractivity contribution in [1.82, 2.24) is 0 Å². The first kappa shape index (κ1) is 11.5. The average Bonchev–Trinajstić information content (AvgIpc) is 2.47. The molecule has 84 valence electrons. The van der Waals surface area contributed by atoms with Crippen LogP contribution in [0.25, 0.3) is 0 Å². The molecule has 1 heterocycles. The first-order chi connectivity index (χ1) is 6.79. The summed E-state index contributed by atoms with van der Waals surface area (Å²) in [4.78, 5) is 26.5. The average molecular weight is 215 g/mol. The molecule has 0 aliphatic carbocycles. The van der Waals surface area contributed by atoms with Crippen LogP contribution in [0.4, 0.5) is 0 Å². The molecule has 0 aromatic rings. The van der Waals surface area contributed by atoms with Gasteiger partial charge < -0.3 is 14.7 Å². The second kappa shape index (κ2) is 3.88. The van der Waals surface area contributed by atoms with Gasteiger partial charge in [0, 0.05) is 0 Å². The molecular weight excluding hydrogens is 202 g/mol. The molecule has 0 saturated heterocycles. The maximum atomic E-state index is 11.4. The Morgan fingerprint density at radius 2 is 2.13 bits per heavy atom. The van der Waals surface area contributed by atoms with Crippen molar-refractivity contribution in [2.24, 2.45) is 5.16 Å². The number of nitrogens with zero attached hydrogens (tertiary/aromatic N) is 1. The Balaban J connectivity index is 2.54. The van der Waals surface area contributed by atoms with E-state index in [0.717, 1.165) is 0 Å². The standard InChI is InChI=1S/C9H13NO5/c1-9(2,3)14-8(13)5-4-6(7(11)12)15-10-5/h6H,4H2,1-3H3,(H,11,12)/t6-/m0/s1. The summed E-state index contributed by atoms with van der Waals surface area (Å²) in [6.07, 6.45) is -1.13. The zero-order valence-corrected chi connectivity index (χ0v) is 8.81. The van der Waals surface area contributed by atoms with Crippen molar-refractivity contribution >= 4 is 17.7 Å². The van der Waals surface area contributed by atoms with Crippen molar-refractivity contribution in [3.63, 3.8) is 0 Å². The topological polar surface area (TPSA) is 85.2 Å². The number of esters is 1. The molecule has 0 amide bonds. The van der Waals surface area contributed by atoms with E-state index in [2.05, 4.69) is 9.99 Å². The number of hydrogen-bond acceptors (Lipinski definition) is 5. The molecule has 0 bridgehead atoms. The monoisotopic (exact) mass is 215 g/mol. The summed E-state index contributed by atoms with van der Waals surface area (Å²) in [5.41, 5.74) is -0.613. The second-order valence-electron chi connectivity index (χ2n) is 4.18. The minimum atomic E-state index is -1.14. The van der Waals surface area contributed by atoms with Crippen molar-refractivity contribution in [3.8, 4) is 0 Å². The van der Waals surface area contributed by atoms with Crippen LogP contribution in [0.2, 0.25) is 0 Å². The van der Waals surface area contributed by atoms with Crippen molar-refractivity contribution in [1.29, 1.82) is 0 Å². The summed E-state index contributed by atoms with van der Waals surface area (Å²) in [5.74, 6) is -1.77. The van der Waals surface area contributed by atoms with Gasteiger partial charge in [-0.25, -0.2) is 9.59 Å². The Morgan fingerprint density at radius 3 is 2.53 bits per heavy atom. The van der Waals surface area contributed by atoms with E-state index in [-0.39, 0.29) is 12.1 Å². The van der Waals surface area contributed by atoms with Crippen LogP contribution in [-0.2, 0) is 19.2 Å². The summed E-state index contributed by atoms with van der Waals surface area (Å²) in [5, 5.41) is 12.0. The molecule has 15 heavy (non-hydrogen) atoms. The van der Waals surface area contributed by atoms with E-state index in [9.17, 15) is 9.59 Å². The highest BCUT2D eigenvalue weighted by molar-refractivity contribution is 6.37. The van der Waals surface area contributed by atoms with Crippen LogP contribution >= 0.6 is 0 Å². The number of carbonyl (C=O) groups excluding carboxylic acids is 1. The van der Waals surface area contributed by atoms with Gasteiger partial charge in [0.15, 0.2) is 5.71 Å². The van der Waals surface area contributed by atoms with E-state index >= 15 is 0 Å². The molecule has 1 aliphatic heterocycles. The number of aliphatic carboxylic acids is 1. The summed E-state index contributed by atoms with van der Waals surface area (Å²) >= 11 is 0. The van der Waals surface area contributed by atoms with E-state index in [1.165, 1.54) is 0 Å². The zero-order valence-electron chi connectivity index (χ0n) is 8.81. The molecule has 1 N–H and O–H groups in total. The predicted octanol–water partition coefficient (Wildman–Crippen LogP) is 0.558. The highest BCUT2D eigenvalue weighted by Gasteiger charge is 2.33. The third-order valence-corrected chi connectivity index (χ3v) is 1.58. The lowest BCUT2D eigenvalue weighted by atomic mass is 10.1. The van der Waals surface area contributed by atoms with Gasteiger partial charge in [-0.2, -0.15) is 0 Å². The largest absolute Gasteiger partial charge is 0.478 e. The number of carboxylic acids is 1. The fourth-order valence-electron chi connectivity index (χ4n) is 0.967. The normalized spacial score (nSPS) is 20.5. The van der Waals surface area contributed by atoms with Gasteiger partial charge in [-0.05, 0) is 20.8 Å². The zero-order chi connectivity index (χ0) is 11.6. The summed E-state index contributed by atoms with van der Waals surface area (Å²) in [6, 6.07) is 0. The lowest BCUT2D eigenvalue weighted by Gasteiger charge is -2.18. The van der Waals surface area contributed by atoms with E-state index in [1.54, 1.807) is 20.8 Å². The molecule has 0 fully saturated rings. The van der Waals surface area contributed by atoms with E-state index < -0.39 is 23.6 Å². The van der Waals surface area contributed by atoms with Crippen molar-refractivity contribution in [2.75, 3.05) is 0 Å². The fourth-order valence-corrected chi connectivity index (χ4v) is 0.967. The van der Waals surface area contributed by atoms with Crippen LogP contribution in [-0.4, -0.2) is 34.5 Å². The molecular formula is C9H13NO5. The van der Waals surface area contributed by atoms with Gasteiger partial charge in [-0.15, -0.1) is 0 Å². The highest BCUT2D eigenvalue weighted by Crippen LogP contribution is 2.15. The highest BCUT2D eigenvalue weighted by atomic mass is 16.7. The first-order valence-corrected chi connectivity index (χ1v) is 4.48. The molecule has 6 nitrogen and oxygen atoms in total. The molecule has 0 saturated carbocycles. The summed E-state index contributed by atoms with van der Waals surface area (Å²) in [6.45, 7) is 5.15. The first-order valence-electron chi connectivity index (χ1n) is 4.48. The second-order valence-corrected chi connectivity index (χ2v) is 4.18. The molecule has 0 aromatic carbocycles. The number of rotatable bonds is 2. The van der Waals surface area contributed by atoms with Gasteiger partial charge in [0.05, 0.1) is 6.42 Å². The van der Waals surface area contributed by atoms with Crippen molar-refractivity contribution in [3.05, 3.63) is 0 Å². The van der Waals surface area contributed by atoms with Gasteiger partial charge in [0.25, 0.3) is 0 Å². The SMILES string of the molecule is CC(C)(C)OC(=O)C1=NO[C@H](C(=O)O)C1. The number of oxime groups is 1. The third kappa shape index (κ3) is 3.23. The maximum Gasteiger partial charge on any atom is 0.356 e. The number of hydrogen-bond donors (Lipinski definition) is 1. The van der Waals surface area contributed by atoms with E-state index in [4.69, 9.17) is 9.84 Å². The molecule has 1 atom stereocenters. The third-order valence-electron chi connectivity index (χ3n) is 1.58. The Morgan fingerprint density at radius 1 is 1.53 bits per heavy atom. The van der Waals surface area contributed by atoms with Gasteiger partial charge in [0.1, 0.15) is 5.60 Å². The molecule has 1 rings (SSSR count). The fraction of sp³-hybridized carbons (Fsp3) is 0.667. The lowest BCUT2D eigenvalue weighted by molar-refractivity contribution is -0.148. The molecule has 0 unspecified atom stereocenters. The van der Waals surface area contributed by atoms with Gasteiger partial charge in [-0.1, -0.05) is 5.16 Å². The van der Waals surface area contributed by atoms with Crippen LogP contribution in [0.5, 0.6) is 0 Å². The Labute approximate surface area is 86.8 Å². The van der Waals surface area contributed by atoms with Crippen LogP contribution in [0.15, 0.2) is 5.16 Å². The Bertz CT molecular complexity index is 315. The summed E-state index contributed by atoms with van der Waals surface area (Å²) in [7, 11) is 0. The van der Waals surface area contributed by atoms with Crippen LogP contribution < -0.4 is 0 Å². The number of ether oxygens (including phenoxy) is 1. The molecule has 1 aliphatic rings. The molecule has 0 spiro atoms. The van der Waals surface area contributed by atoms with Gasteiger partial charge in [0.2, 0.25) is 6.10 Å². The Hall–Kier alpha value is -1.59. The number of carboxylic acid groups (broad SMARTS) is 1. The minimum absolute atomic E-state index is 0.0114. The van der Waals surface area contributed by atoms with E-state index in [0.29, 0.717) is 0 Å². The molecule has 6 heteroatoms. The maximum absolute atomic E-state index is 11.4. The molecule has 0 radical (unpaired) electrons. The van der Waals surface area contributed by atoms with Crippen LogP contribution in [0, 0.1) is 0 Å². The quantitative estimate of drug-likeness (QED) is 0.680. The molecule has 0 aromatic heterocycles. The van der Waals surface area contributed by atoms with Gasteiger partial charge in [-0.3, -0.25) is 0 Å². The van der Waals surface area contributed by atoms with Gasteiger partial charge >= 0.3 is 11.9 Å². The van der Waals surface area contributed by atoms with E-state index in [1.807, 2.05) is 0 Å². The lowest BCUT2D eigenvalue weighted by Crippen LogP contribution is -2.29. The minimum Gasteiger partial charge on any atom is -0.478 e. The number of carbonyl (C=O) groups is 2. The van der Waals surface area contributed by atoms with Crippen LogP contribution in [0.1, 0.15) is 27.2 Å². The summed E-state index contributed by atoms with van der Waals surface area (Å²) < 4.78 is 5.01.